The number of likely N-dealkylation sites (tertiary alicyclic amines) is 1. The second-order valence-electron chi connectivity index (χ2n) is 6.35. The Balaban J connectivity index is 1.55. The first-order valence-electron chi connectivity index (χ1n) is 7.93. The molecular formula is C17H23IN2O. The number of hydrogen-bond donors (Lipinski definition) is 1. The molecule has 0 spiro atoms. The van der Waals surface area contributed by atoms with Gasteiger partial charge in [-0.25, -0.2) is 0 Å². The third-order valence-corrected chi connectivity index (χ3v) is 6.03. The van der Waals surface area contributed by atoms with Crippen LogP contribution in [-0.2, 0) is 0 Å². The zero-order valence-corrected chi connectivity index (χ0v) is 14.7. The number of hydrogen-bond acceptors (Lipinski definition) is 2. The van der Waals surface area contributed by atoms with Crippen LogP contribution in [0.25, 0.3) is 0 Å². The average molecular weight is 398 g/mol. The first-order valence-corrected chi connectivity index (χ1v) is 9.01. The van der Waals surface area contributed by atoms with Crippen molar-refractivity contribution in [3.63, 3.8) is 0 Å². The predicted octanol–water partition coefficient (Wildman–Crippen LogP) is 3.20. The highest BCUT2D eigenvalue weighted by molar-refractivity contribution is 14.1. The van der Waals surface area contributed by atoms with Gasteiger partial charge in [-0.05, 0) is 79.3 Å². The summed E-state index contributed by atoms with van der Waals surface area (Å²) in [5.41, 5.74) is 2.04. The predicted molar refractivity (Wildman–Crippen MR) is 93.5 cm³/mol. The molecule has 0 atom stereocenters. The molecule has 0 unspecified atom stereocenters. The quantitative estimate of drug-likeness (QED) is 0.791. The van der Waals surface area contributed by atoms with Gasteiger partial charge in [0, 0.05) is 22.7 Å². The smallest absolute Gasteiger partial charge is 0.254 e. The zero-order valence-electron chi connectivity index (χ0n) is 12.6. The second-order valence-corrected chi connectivity index (χ2v) is 7.43. The lowest BCUT2D eigenvalue weighted by molar-refractivity contribution is 0.0704. The molecule has 4 heteroatoms. The van der Waals surface area contributed by atoms with E-state index in [1.807, 2.05) is 17.0 Å². The molecule has 21 heavy (non-hydrogen) atoms. The second kappa shape index (κ2) is 6.65. The van der Waals surface area contributed by atoms with E-state index in [-0.39, 0.29) is 5.91 Å². The van der Waals surface area contributed by atoms with Crippen molar-refractivity contribution < 1.29 is 4.79 Å². The number of amides is 1. The molecule has 1 aromatic carbocycles. The van der Waals surface area contributed by atoms with E-state index in [1.54, 1.807) is 0 Å². The van der Waals surface area contributed by atoms with E-state index in [1.165, 1.54) is 24.9 Å². The normalized spacial score (nSPS) is 19.8. The van der Waals surface area contributed by atoms with Crippen LogP contribution < -0.4 is 5.32 Å². The molecule has 114 valence electrons. The summed E-state index contributed by atoms with van der Waals surface area (Å²) < 4.78 is 1.09. The van der Waals surface area contributed by atoms with Gasteiger partial charge >= 0.3 is 0 Å². The van der Waals surface area contributed by atoms with Crippen molar-refractivity contribution >= 4 is 28.5 Å². The van der Waals surface area contributed by atoms with Gasteiger partial charge in [0.25, 0.3) is 5.91 Å². The summed E-state index contributed by atoms with van der Waals surface area (Å²) in [7, 11) is 0. The lowest BCUT2D eigenvalue weighted by Gasteiger charge is -2.33. The van der Waals surface area contributed by atoms with Crippen LogP contribution in [0.2, 0.25) is 0 Å². The Bertz CT molecular complexity index is 520. The van der Waals surface area contributed by atoms with Crippen molar-refractivity contribution in [2.24, 2.45) is 5.92 Å². The summed E-state index contributed by atoms with van der Waals surface area (Å²) in [5.74, 6) is 1.13. The van der Waals surface area contributed by atoms with Gasteiger partial charge in [0.2, 0.25) is 0 Å². The van der Waals surface area contributed by atoms with Crippen molar-refractivity contribution in [3.05, 3.63) is 32.9 Å². The van der Waals surface area contributed by atoms with Gasteiger partial charge in [-0.3, -0.25) is 4.79 Å². The van der Waals surface area contributed by atoms with Gasteiger partial charge in [0.1, 0.15) is 0 Å². The zero-order chi connectivity index (χ0) is 14.8. The van der Waals surface area contributed by atoms with Gasteiger partial charge in [-0.15, -0.1) is 0 Å². The van der Waals surface area contributed by atoms with E-state index in [2.05, 4.69) is 40.9 Å². The van der Waals surface area contributed by atoms with E-state index in [4.69, 9.17) is 0 Å². The number of halogens is 1. The lowest BCUT2D eigenvalue weighted by atomic mass is 10.0. The Morgan fingerprint density at radius 2 is 2.00 bits per heavy atom. The van der Waals surface area contributed by atoms with Crippen LogP contribution in [0.15, 0.2) is 18.2 Å². The Hall–Kier alpha value is -0.620. The first kappa shape index (κ1) is 15.3. The molecule has 1 N–H and O–H groups in total. The summed E-state index contributed by atoms with van der Waals surface area (Å²) in [6.07, 6.45) is 4.97. The number of piperidine rings is 1. The van der Waals surface area contributed by atoms with Crippen LogP contribution in [0.3, 0.4) is 0 Å². The van der Waals surface area contributed by atoms with Gasteiger partial charge in [-0.1, -0.05) is 12.1 Å². The van der Waals surface area contributed by atoms with Crippen LogP contribution >= 0.6 is 22.6 Å². The Kier molecular flexibility index (Phi) is 4.84. The molecule has 2 aliphatic rings. The summed E-state index contributed by atoms with van der Waals surface area (Å²) in [6, 6.07) is 6.60. The van der Waals surface area contributed by atoms with Crippen LogP contribution in [0.4, 0.5) is 0 Å². The topological polar surface area (TPSA) is 32.3 Å². The largest absolute Gasteiger partial charge is 0.338 e. The van der Waals surface area contributed by atoms with Gasteiger partial charge in [0.15, 0.2) is 0 Å². The average Bonchev–Trinajstić information content (AvgIpc) is 3.32. The molecule has 1 amide bonds. The highest BCUT2D eigenvalue weighted by atomic mass is 127. The lowest BCUT2D eigenvalue weighted by Crippen LogP contribution is -2.45. The fourth-order valence-electron chi connectivity index (χ4n) is 2.92. The molecule has 1 heterocycles. The molecule has 1 saturated heterocycles. The van der Waals surface area contributed by atoms with Crippen LogP contribution in [-0.4, -0.2) is 36.5 Å². The Morgan fingerprint density at radius 1 is 1.29 bits per heavy atom. The van der Waals surface area contributed by atoms with E-state index >= 15 is 0 Å². The van der Waals surface area contributed by atoms with E-state index in [0.29, 0.717) is 6.04 Å². The number of carbonyl (C=O) groups is 1. The minimum absolute atomic E-state index is 0.198. The Morgan fingerprint density at radius 3 is 2.67 bits per heavy atom. The molecule has 3 nitrogen and oxygen atoms in total. The third kappa shape index (κ3) is 3.77. The SMILES string of the molecule is Cc1cccc(C(=O)N2CCC(NCC3CC3)CC2)c1I. The summed E-state index contributed by atoms with van der Waals surface area (Å²) >= 11 is 2.29. The maximum absolute atomic E-state index is 12.7. The molecular weight excluding hydrogens is 375 g/mol. The van der Waals surface area contributed by atoms with Gasteiger partial charge < -0.3 is 10.2 Å². The van der Waals surface area contributed by atoms with Crippen LogP contribution in [0.5, 0.6) is 0 Å². The van der Waals surface area contributed by atoms with Crippen molar-refractivity contribution in [1.82, 2.24) is 10.2 Å². The number of benzene rings is 1. The molecule has 1 saturated carbocycles. The minimum atomic E-state index is 0.198. The van der Waals surface area contributed by atoms with Gasteiger partial charge in [-0.2, -0.15) is 0 Å². The molecule has 1 aromatic rings. The standard InChI is InChI=1S/C17H23IN2O/c1-12-3-2-4-15(16(12)18)17(21)20-9-7-14(8-10-20)19-11-13-5-6-13/h2-4,13-14,19H,5-11H2,1H3. The number of rotatable bonds is 4. The van der Waals surface area contributed by atoms with Crippen LogP contribution in [0, 0.1) is 16.4 Å². The molecule has 0 bridgehead atoms. The van der Waals surface area contributed by atoms with E-state index in [9.17, 15) is 4.79 Å². The van der Waals surface area contributed by atoms with Crippen molar-refractivity contribution in [1.29, 1.82) is 0 Å². The molecule has 1 aliphatic heterocycles. The van der Waals surface area contributed by atoms with E-state index in [0.717, 1.165) is 41.0 Å². The summed E-state index contributed by atoms with van der Waals surface area (Å²) in [4.78, 5) is 14.7. The highest BCUT2D eigenvalue weighted by Gasteiger charge is 2.27. The number of nitrogens with one attached hydrogen (secondary N) is 1. The van der Waals surface area contributed by atoms with E-state index < -0.39 is 0 Å². The minimum Gasteiger partial charge on any atom is -0.338 e. The maximum atomic E-state index is 12.7. The molecule has 0 aromatic heterocycles. The number of carbonyl (C=O) groups excluding carboxylic acids is 1. The molecule has 0 radical (unpaired) electrons. The highest BCUT2D eigenvalue weighted by Crippen LogP contribution is 2.28. The van der Waals surface area contributed by atoms with Gasteiger partial charge in [0.05, 0.1) is 5.56 Å². The van der Waals surface area contributed by atoms with Crippen molar-refractivity contribution in [3.8, 4) is 0 Å². The fourth-order valence-corrected chi connectivity index (χ4v) is 3.52. The fraction of sp³-hybridized carbons (Fsp3) is 0.588. The first-order chi connectivity index (χ1) is 10.1. The van der Waals surface area contributed by atoms with Crippen molar-refractivity contribution in [2.45, 2.75) is 38.6 Å². The summed E-state index contributed by atoms with van der Waals surface area (Å²) in [6.45, 7) is 5.00. The Labute approximate surface area is 140 Å². The van der Waals surface area contributed by atoms with Crippen LogP contribution in [0.1, 0.15) is 41.6 Å². The maximum Gasteiger partial charge on any atom is 0.254 e. The third-order valence-electron chi connectivity index (χ3n) is 4.60. The molecule has 1 aliphatic carbocycles. The number of nitrogens with zero attached hydrogens (tertiary/aromatic N) is 1. The molecule has 2 fully saturated rings. The number of aryl methyl sites for hydroxylation is 1. The summed E-state index contributed by atoms with van der Waals surface area (Å²) in [5, 5.41) is 3.66. The molecule has 3 rings (SSSR count). The monoisotopic (exact) mass is 398 g/mol. The van der Waals surface area contributed by atoms with Crippen molar-refractivity contribution in [2.75, 3.05) is 19.6 Å².